The molecule has 1 amide bonds. The second kappa shape index (κ2) is 6.24. The number of amides is 1. The molecule has 1 saturated carbocycles. The van der Waals surface area contributed by atoms with Crippen LogP contribution in [0.25, 0.3) is 0 Å². The Balaban J connectivity index is 2.20. The van der Waals surface area contributed by atoms with Crippen LogP contribution in [0.15, 0.2) is 24.3 Å². The van der Waals surface area contributed by atoms with Crippen molar-refractivity contribution in [1.29, 1.82) is 0 Å². The molecule has 5 heteroatoms. The molecule has 21 heavy (non-hydrogen) atoms. The van der Waals surface area contributed by atoms with Gasteiger partial charge in [0.05, 0.1) is 4.92 Å². The number of nitrogens with zero attached hydrogens (tertiary/aromatic N) is 2. The first-order valence-electron chi connectivity index (χ1n) is 7.52. The molecule has 1 fully saturated rings. The normalized spacial score (nSPS) is 17.1. The number of carbonyl (C=O) groups is 1. The molecule has 0 N–H and O–H groups in total. The van der Waals surface area contributed by atoms with Gasteiger partial charge in [-0.2, -0.15) is 0 Å². The fourth-order valence-electron chi connectivity index (χ4n) is 2.53. The number of hydrogen-bond acceptors (Lipinski definition) is 3. The number of carbonyl (C=O) groups excluding carboxylic acids is 1. The van der Waals surface area contributed by atoms with Crippen LogP contribution in [0, 0.1) is 16.0 Å². The van der Waals surface area contributed by atoms with Gasteiger partial charge in [0, 0.05) is 29.8 Å². The Hall–Kier alpha value is -1.91. The van der Waals surface area contributed by atoms with E-state index in [4.69, 9.17) is 0 Å². The summed E-state index contributed by atoms with van der Waals surface area (Å²) in [4.78, 5) is 24.9. The summed E-state index contributed by atoms with van der Waals surface area (Å²) in [6.07, 6.45) is 3.14. The first kappa shape index (κ1) is 15.5. The Morgan fingerprint density at radius 3 is 2.33 bits per heavy atom. The van der Waals surface area contributed by atoms with Crippen LogP contribution in [0.5, 0.6) is 0 Å². The van der Waals surface area contributed by atoms with Gasteiger partial charge in [0.1, 0.15) is 0 Å². The van der Waals surface area contributed by atoms with Gasteiger partial charge in [-0.15, -0.1) is 0 Å². The summed E-state index contributed by atoms with van der Waals surface area (Å²) >= 11 is 0. The van der Waals surface area contributed by atoms with Crippen LogP contribution in [-0.2, 0) is 0 Å². The zero-order valence-corrected chi connectivity index (χ0v) is 12.8. The van der Waals surface area contributed by atoms with Crippen LogP contribution in [0.1, 0.15) is 50.4 Å². The third-order valence-corrected chi connectivity index (χ3v) is 4.41. The van der Waals surface area contributed by atoms with E-state index in [2.05, 4.69) is 20.8 Å². The molecule has 0 aliphatic heterocycles. The summed E-state index contributed by atoms with van der Waals surface area (Å²) < 4.78 is 0. The van der Waals surface area contributed by atoms with Gasteiger partial charge in [-0.1, -0.05) is 20.3 Å². The van der Waals surface area contributed by atoms with Gasteiger partial charge in [-0.3, -0.25) is 14.9 Å². The number of nitro groups is 1. The molecule has 1 aromatic rings. The number of non-ortho nitro benzene ring substituents is 1. The molecule has 1 aliphatic carbocycles. The van der Waals surface area contributed by atoms with E-state index < -0.39 is 4.92 Å². The van der Waals surface area contributed by atoms with E-state index in [1.54, 1.807) is 12.1 Å². The fourth-order valence-corrected chi connectivity index (χ4v) is 2.53. The highest BCUT2D eigenvalue weighted by Crippen LogP contribution is 2.32. The zero-order valence-electron chi connectivity index (χ0n) is 12.8. The molecule has 0 saturated heterocycles. The predicted molar refractivity (Wildman–Crippen MR) is 81.2 cm³/mol. The van der Waals surface area contributed by atoms with Gasteiger partial charge >= 0.3 is 0 Å². The van der Waals surface area contributed by atoms with Crippen LogP contribution in [0.2, 0.25) is 0 Å². The Morgan fingerprint density at radius 2 is 1.90 bits per heavy atom. The first-order valence-corrected chi connectivity index (χ1v) is 7.52. The van der Waals surface area contributed by atoms with Crippen molar-refractivity contribution in [2.45, 2.75) is 52.1 Å². The highest BCUT2D eigenvalue weighted by molar-refractivity contribution is 5.95. The third-order valence-electron chi connectivity index (χ3n) is 4.41. The summed E-state index contributed by atoms with van der Waals surface area (Å²) in [7, 11) is 0. The van der Waals surface area contributed by atoms with E-state index in [0.717, 1.165) is 19.3 Å². The van der Waals surface area contributed by atoms with Crippen LogP contribution in [0.4, 0.5) is 5.69 Å². The molecule has 0 spiro atoms. The van der Waals surface area contributed by atoms with Gasteiger partial charge in [0.2, 0.25) is 0 Å². The van der Waals surface area contributed by atoms with E-state index in [1.807, 2.05) is 4.90 Å². The number of nitro benzene ring substituents is 1. The fraction of sp³-hybridized carbons (Fsp3) is 0.562. The Morgan fingerprint density at radius 1 is 1.33 bits per heavy atom. The predicted octanol–water partition coefficient (Wildman–Crippen LogP) is 3.63. The lowest BCUT2D eigenvalue weighted by atomic mass is 9.98. The van der Waals surface area contributed by atoms with Crippen molar-refractivity contribution in [3.8, 4) is 0 Å². The average molecular weight is 290 g/mol. The molecule has 2 rings (SSSR count). The van der Waals surface area contributed by atoms with Gasteiger partial charge in [0.15, 0.2) is 0 Å². The number of benzene rings is 1. The van der Waals surface area contributed by atoms with Crippen LogP contribution >= 0.6 is 0 Å². The van der Waals surface area contributed by atoms with Crippen molar-refractivity contribution in [2.75, 3.05) is 0 Å². The summed E-state index contributed by atoms with van der Waals surface area (Å²) in [6.45, 7) is 6.38. The van der Waals surface area contributed by atoms with Crippen molar-refractivity contribution in [3.63, 3.8) is 0 Å². The van der Waals surface area contributed by atoms with E-state index in [0.29, 0.717) is 17.5 Å². The largest absolute Gasteiger partial charge is 0.333 e. The minimum absolute atomic E-state index is 0.0134. The van der Waals surface area contributed by atoms with Gasteiger partial charge < -0.3 is 4.90 Å². The van der Waals surface area contributed by atoms with E-state index in [-0.39, 0.29) is 17.6 Å². The monoisotopic (exact) mass is 290 g/mol. The SMILES string of the molecule is CCC(C)C(C)N(C(=O)c1ccc([N+](=O)[O-])cc1)C1CC1. The van der Waals surface area contributed by atoms with Crippen molar-refractivity contribution in [1.82, 2.24) is 4.90 Å². The number of hydrogen-bond donors (Lipinski definition) is 0. The second-order valence-corrected chi connectivity index (χ2v) is 5.87. The molecule has 2 unspecified atom stereocenters. The van der Waals surface area contributed by atoms with Crippen LogP contribution in [-0.4, -0.2) is 27.8 Å². The van der Waals surface area contributed by atoms with E-state index in [9.17, 15) is 14.9 Å². The Kier molecular flexibility index (Phi) is 4.60. The molecule has 114 valence electrons. The standard InChI is InChI=1S/C16H22N2O3/c1-4-11(2)12(3)17(14-9-10-14)16(19)13-5-7-15(8-6-13)18(20)21/h5-8,11-12,14H,4,9-10H2,1-3H3. The molecule has 0 heterocycles. The minimum Gasteiger partial charge on any atom is -0.333 e. The lowest BCUT2D eigenvalue weighted by Crippen LogP contribution is -2.43. The molecular formula is C16H22N2O3. The van der Waals surface area contributed by atoms with Crippen molar-refractivity contribution in [2.24, 2.45) is 5.92 Å². The second-order valence-electron chi connectivity index (χ2n) is 5.87. The highest BCUT2D eigenvalue weighted by Gasteiger charge is 2.37. The molecule has 0 bridgehead atoms. The molecular weight excluding hydrogens is 268 g/mol. The zero-order chi connectivity index (χ0) is 15.6. The maximum Gasteiger partial charge on any atom is 0.269 e. The average Bonchev–Trinajstić information content (AvgIpc) is 3.31. The molecule has 0 aromatic heterocycles. The minimum atomic E-state index is -0.450. The molecule has 2 atom stereocenters. The van der Waals surface area contributed by atoms with Crippen molar-refractivity contribution >= 4 is 11.6 Å². The molecule has 1 aliphatic rings. The Labute approximate surface area is 125 Å². The quantitative estimate of drug-likeness (QED) is 0.593. The van der Waals surface area contributed by atoms with Crippen LogP contribution < -0.4 is 0 Å². The van der Waals surface area contributed by atoms with Gasteiger partial charge in [-0.05, 0) is 37.8 Å². The van der Waals surface area contributed by atoms with Crippen LogP contribution in [0.3, 0.4) is 0 Å². The number of rotatable bonds is 6. The summed E-state index contributed by atoms with van der Waals surface area (Å²) in [5.41, 5.74) is 0.544. The lowest BCUT2D eigenvalue weighted by Gasteiger charge is -2.33. The van der Waals surface area contributed by atoms with Gasteiger partial charge in [-0.25, -0.2) is 0 Å². The van der Waals surface area contributed by atoms with E-state index in [1.165, 1.54) is 12.1 Å². The topological polar surface area (TPSA) is 63.5 Å². The smallest absolute Gasteiger partial charge is 0.269 e. The molecule has 0 radical (unpaired) electrons. The van der Waals surface area contributed by atoms with Crippen molar-refractivity contribution < 1.29 is 9.72 Å². The maximum absolute atomic E-state index is 12.7. The van der Waals surface area contributed by atoms with Gasteiger partial charge in [0.25, 0.3) is 11.6 Å². The lowest BCUT2D eigenvalue weighted by molar-refractivity contribution is -0.384. The summed E-state index contributed by atoms with van der Waals surface area (Å²) in [6, 6.07) is 6.42. The van der Waals surface area contributed by atoms with E-state index >= 15 is 0 Å². The first-order chi connectivity index (χ1) is 9.95. The molecule has 1 aromatic carbocycles. The Bertz CT molecular complexity index is 523. The summed E-state index contributed by atoms with van der Waals surface area (Å²) in [5.74, 6) is 0.424. The highest BCUT2D eigenvalue weighted by atomic mass is 16.6. The maximum atomic E-state index is 12.7. The van der Waals surface area contributed by atoms with Crippen molar-refractivity contribution in [3.05, 3.63) is 39.9 Å². The third kappa shape index (κ3) is 3.40. The molecule has 5 nitrogen and oxygen atoms in total. The summed E-state index contributed by atoms with van der Waals surface area (Å²) in [5, 5.41) is 10.7.